The summed E-state index contributed by atoms with van der Waals surface area (Å²) in [6.07, 6.45) is 0.233. The molecule has 0 spiro atoms. The molecule has 0 aliphatic carbocycles. The molecule has 2 aromatic rings. The highest BCUT2D eigenvalue weighted by atomic mass is 16.5. The van der Waals surface area contributed by atoms with Gasteiger partial charge in [0.2, 0.25) is 0 Å². The van der Waals surface area contributed by atoms with Gasteiger partial charge in [-0.1, -0.05) is 0 Å². The summed E-state index contributed by atoms with van der Waals surface area (Å²) < 4.78 is 21.4. The van der Waals surface area contributed by atoms with Crippen LogP contribution in [0.15, 0.2) is 33.5 Å². The van der Waals surface area contributed by atoms with Crippen molar-refractivity contribution in [3.05, 3.63) is 40.2 Å². The summed E-state index contributed by atoms with van der Waals surface area (Å²) in [7, 11) is 0. The molecular formula is C25H36N2O9. The molecule has 1 heterocycles. The zero-order valence-corrected chi connectivity index (χ0v) is 21.1. The predicted octanol–water partition coefficient (Wildman–Crippen LogP) is 2.84. The third-order valence-electron chi connectivity index (χ3n) is 5.17. The van der Waals surface area contributed by atoms with E-state index in [2.05, 4.69) is 5.32 Å². The summed E-state index contributed by atoms with van der Waals surface area (Å²) in [6.45, 7) is 8.80. The van der Waals surface area contributed by atoms with Gasteiger partial charge in [0.05, 0.1) is 26.4 Å². The molecule has 0 saturated carbocycles. The third kappa shape index (κ3) is 9.84. The Morgan fingerprint density at radius 3 is 2.19 bits per heavy atom. The van der Waals surface area contributed by atoms with E-state index in [1.807, 2.05) is 20.8 Å². The number of carboxylic acid groups (broad SMARTS) is 1. The molecule has 0 unspecified atom stereocenters. The third-order valence-corrected chi connectivity index (χ3v) is 5.17. The maximum Gasteiger partial charge on any atom is 0.407 e. The molecule has 1 aromatic carbocycles. The van der Waals surface area contributed by atoms with Crippen LogP contribution in [0.2, 0.25) is 0 Å². The Balaban J connectivity index is 1.48. The molecule has 0 fully saturated rings. The molecule has 2 amide bonds. The first-order chi connectivity index (χ1) is 17.1. The van der Waals surface area contributed by atoms with Crippen molar-refractivity contribution >= 4 is 23.0 Å². The molecule has 0 atom stereocenters. The van der Waals surface area contributed by atoms with Crippen LogP contribution in [0.1, 0.15) is 44.0 Å². The van der Waals surface area contributed by atoms with E-state index in [0.29, 0.717) is 71.0 Å². The lowest BCUT2D eigenvalue weighted by atomic mass is 10.1. The van der Waals surface area contributed by atoms with Gasteiger partial charge in [-0.3, -0.25) is 4.79 Å². The zero-order chi connectivity index (χ0) is 26.6. The molecule has 2 rings (SSSR count). The standard InChI is InChI=1S/C25H36N2O9/c1-25(2,3)27(24(31)32)9-5-11-34-13-15-35-14-12-33-10-4-8-26-22(29)20-16-18-6-7-19(28)17-21(18)36-23(20)30/h6-7,16-17,28H,4-5,8-15H2,1-3H3,(H,26,29)(H,31,32). The number of benzene rings is 1. The number of aromatic hydroxyl groups is 1. The number of carbonyl (C=O) groups is 2. The van der Waals surface area contributed by atoms with Gasteiger partial charge in [0.25, 0.3) is 5.91 Å². The lowest BCUT2D eigenvalue weighted by Crippen LogP contribution is -2.45. The van der Waals surface area contributed by atoms with Crippen molar-refractivity contribution in [2.24, 2.45) is 0 Å². The maximum absolute atomic E-state index is 12.3. The molecule has 0 aliphatic heterocycles. The van der Waals surface area contributed by atoms with E-state index in [0.717, 1.165) is 0 Å². The Hall–Kier alpha value is -3.15. The fourth-order valence-corrected chi connectivity index (χ4v) is 3.31. The number of amides is 2. The van der Waals surface area contributed by atoms with Crippen LogP contribution in [0.25, 0.3) is 11.0 Å². The van der Waals surface area contributed by atoms with Gasteiger partial charge in [-0.15, -0.1) is 0 Å². The van der Waals surface area contributed by atoms with Crippen LogP contribution in [0, 0.1) is 0 Å². The molecule has 200 valence electrons. The highest BCUT2D eigenvalue weighted by Gasteiger charge is 2.25. The van der Waals surface area contributed by atoms with Crippen molar-refractivity contribution in [1.29, 1.82) is 0 Å². The number of phenols is 1. The van der Waals surface area contributed by atoms with E-state index in [-0.39, 0.29) is 16.9 Å². The second kappa shape index (κ2) is 14.4. The Kier molecular flexibility index (Phi) is 11.6. The van der Waals surface area contributed by atoms with Crippen molar-refractivity contribution < 1.29 is 38.4 Å². The van der Waals surface area contributed by atoms with E-state index >= 15 is 0 Å². The number of nitrogens with zero attached hydrogens (tertiary/aromatic N) is 1. The SMILES string of the molecule is CC(C)(C)N(CCCOCCOCCOCCCNC(=O)c1cc2ccc(O)cc2oc1=O)C(=O)O. The molecule has 0 saturated heterocycles. The van der Waals surface area contributed by atoms with Crippen LogP contribution in [0.4, 0.5) is 4.79 Å². The van der Waals surface area contributed by atoms with Crippen LogP contribution < -0.4 is 10.9 Å². The highest BCUT2D eigenvalue weighted by Crippen LogP contribution is 2.19. The van der Waals surface area contributed by atoms with Crippen molar-refractivity contribution in [2.75, 3.05) is 52.7 Å². The smallest absolute Gasteiger partial charge is 0.407 e. The average molecular weight is 509 g/mol. The first kappa shape index (κ1) is 29.1. The minimum absolute atomic E-state index is 0.0283. The zero-order valence-electron chi connectivity index (χ0n) is 21.1. The largest absolute Gasteiger partial charge is 0.508 e. The van der Waals surface area contributed by atoms with Gasteiger partial charge < -0.3 is 39.1 Å². The number of hydrogen-bond donors (Lipinski definition) is 3. The van der Waals surface area contributed by atoms with Crippen molar-refractivity contribution in [3.8, 4) is 5.75 Å². The van der Waals surface area contributed by atoms with Crippen LogP contribution in [0.3, 0.4) is 0 Å². The fourth-order valence-electron chi connectivity index (χ4n) is 3.31. The van der Waals surface area contributed by atoms with E-state index < -0.39 is 23.2 Å². The Bertz CT molecular complexity index is 1050. The summed E-state index contributed by atoms with van der Waals surface area (Å²) >= 11 is 0. The Morgan fingerprint density at radius 1 is 0.972 bits per heavy atom. The minimum atomic E-state index is -0.937. The van der Waals surface area contributed by atoms with E-state index in [9.17, 15) is 24.6 Å². The van der Waals surface area contributed by atoms with Gasteiger partial charge in [-0.05, 0) is 51.8 Å². The first-order valence-electron chi connectivity index (χ1n) is 11.9. The summed E-state index contributed by atoms with van der Waals surface area (Å²) in [6, 6.07) is 5.77. The van der Waals surface area contributed by atoms with Crippen LogP contribution in [-0.4, -0.2) is 85.4 Å². The first-order valence-corrected chi connectivity index (χ1v) is 11.9. The summed E-state index contributed by atoms with van der Waals surface area (Å²) in [5.41, 5.74) is -1.10. The van der Waals surface area contributed by atoms with Gasteiger partial charge in [-0.25, -0.2) is 9.59 Å². The monoisotopic (exact) mass is 508 g/mol. The second-order valence-corrected chi connectivity index (χ2v) is 9.07. The second-order valence-electron chi connectivity index (χ2n) is 9.07. The summed E-state index contributed by atoms with van der Waals surface area (Å²) in [4.78, 5) is 36.9. The van der Waals surface area contributed by atoms with E-state index in [1.54, 1.807) is 6.07 Å². The molecule has 0 bridgehead atoms. The van der Waals surface area contributed by atoms with Gasteiger partial charge >= 0.3 is 11.7 Å². The molecule has 0 radical (unpaired) electrons. The topological polar surface area (TPSA) is 148 Å². The lowest BCUT2D eigenvalue weighted by molar-refractivity contribution is 0.0117. The molecule has 36 heavy (non-hydrogen) atoms. The van der Waals surface area contributed by atoms with Crippen molar-refractivity contribution in [2.45, 2.75) is 39.2 Å². The van der Waals surface area contributed by atoms with Crippen molar-refractivity contribution in [1.82, 2.24) is 10.2 Å². The van der Waals surface area contributed by atoms with E-state index in [1.165, 1.54) is 23.1 Å². The Labute approximate surface area is 209 Å². The van der Waals surface area contributed by atoms with Crippen LogP contribution in [0.5, 0.6) is 5.75 Å². The van der Waals surface area contributed by atoms with Crippen LogP contribution >= 0.6 is 0 Å². The van der Waals surface area contributed by atoms with E-state index in [4.69, 9.17) is 18.6 Å². The minimum Gasteiger partial charge on any atom is -0.508 e. The molecule has 11 heteroatoms. The van der Waals surface area contributed by atoms with Crippen LogP contribution in [-0.2, 0) is 14.2 Å². The molecule has 11 nitrogen and oxygen atoms in total. The number of fused-ring (bicyclic) bond motifs is 1. The normalized spacial score (nSPS) is 11.5. The number of phenolic OH excluding ortho intramolecular Hbond substituents is 1. The lowest BCUT2D eigenvalue weighted by Gasteiger charge is -2.33. The number of nitrogens with one attached hydrogen (secondary N) is 1. The molecule has 0 aliphatic rings. The highest BCUT2D eigenvalue weighted by molar-refractivity contribution is 5.96. The Morgan fingerprint density at radius 2 is 1.58 bits per heavy atom. The number of hydrogen-bond acceptors (Lipinski definition) is 8. The quantitative estimate of drug-likeness (QED) is 0.244. The summed E-state index contributed by atoms with van der Waals surface area (Å²) in [5.74, 6) is -0.560. The number of carbonyl (C=O) groups excluding carboxylic acids is 1. The van der Waals surface area contributed by atoms with Gasteiger partial charge in [-0.2, -0.15) is 0 Å². The van der Waals surface area contributed by atoms with Crippen molar-refractivity contribution in [3.63, 3.8) is 0 Å². The molecular weight excluding hydrogens is 472 g/mol. The maximum atomic E-state index is 12.3. The predicted molar refractivity (Wildman–Crippen MR) is 133 cm³/mol. The summed E-state index contributed by atoms with van der Waals surface area (Å²) in [5, 5.41) is 21.9. The fraction of sp³-hybridized carbons (Fsp3) is 0.560. The number of ether oxygens (including phenoxy) is 3. The molecule has 3 N–H and O–H groups in total. The number of rotatable bonds is 15. The molecule has 1 aromatic heterocycles. The van der Waals surface area contributed by atoms with Gasteiger partial charge in [0.1, 0.15) is 16.9 Å². The van der Waals surface area contributed by atoms with Gasteiger partial charge in [0.15, 0.2) is 0 Å². The van der Waals surface area contributed by atoms with Gasteiger partial charge in [0, 0.05) is 43.3 Å². The average Bonchev–Trinajstić information content (AvgIpc) is 2.79.